The van der Waals surface area contributed by atoms with E-state index in [1.54, 1.807) is 49.9 Å². The van der Waals surface area contributed by atoms with Gasteiger partial charge in [0.1, 0.15) is 11.2 Å². The van der Waals surface area contributed by atoms with Crippen molar-refractivity contribution in [2.75, 3.05) is 19.6 Å². The monoisotopic (exact) mass is 467 g/mol. The normalized spacial score (nSPS) is 16.2. The molecule has 2 N–H and O–H groups in total. The Kier molecular flexibility index (Phi) is 8.04. The molecule has 1 aliphatic heterocycles. The molecule has 0 radical (unpaired) electrons. The first-order valence-corrected chi connectivity index (χ1v) is 11.1. The van der Waals surface area contributed by atoms with Gasteiger partial charge in [0.05, 0.1) is 5.54 Å². The summed E-state index contributed by atoms with van der Waals surface area (Å²) >= 11 is 5.89. The number of carbonyl (C=O) groups excluding carboxylic acids is 3. The Labute approximate surface area is 195 Å². The lowest BCUT2D eigenvalue weighted by Crippen LogP contribution is -2.61. The second kappa shape index (κ2) is 9.98. The van der Waals surface area contributed by atoms with Crippen LogP contribution in [0.3, 0.4) is 0 Å². The molecule has 0 unspecified atom stereocenters. The molecule has 1 heterocycles. The molecule has 1 aromatic rings. The fourth-order valence-electron chi connectivity index (χ4n) is 3.26. The molecule has 0 aliphatic carbocycles. The van der Waals surface area contributed by atoms with Gasteiger partial charge in [0, 0.05) is 30.2 Å². The molecule has 178 valence electrons. The second-order valence-electron chi connectivity index (χ2n) is 10.1. The maximum atomic E-state index is 12.6. The van der Waals surface area contributed by atoms with Crippen molar-refractivity contribution in [1.29, 1.82) is 0 Å². The molecule has 3 amide bonds. The van der Waals surface area contributed by atoms with Crippen molar-refractivity contribution in [2.24, 2.45) is 0 Å². The van der Waals surface area contributed by atoms with E-state index in [4.69, 9.17) is 21.1 Å². The number of benzene rings is 1. The zero-order valence-corrected chi connectivity index (χ0v) is 20.5. The van der Waals surface area contributed by atoms with Crippen molar-refractivity contribution in [3.8, 4) is 0 Å². The number of piperidine rings is 1. The van der Waals surface area contributed by atoms with Crippen molar-refractivity contribution >= 4 is 29.7 Å². The van der Waals surface area contributed by atoms with Gasteiger partial charge in [-0.1, -0.05) is 11.6 Å². The zero-order chi connectivity index (χ0) is 24.2. The van der Waals surface area contributed by atoms with Crippen LogP contribution in [-0.4, -0.2) is 59.4 Å². The minimum Gasteiger partial charge on any atom is -0.444 e. The Morgan fingerprint density at radius 1 is 0.969 bits per heavy atom. The van der Waals surface area contributed by atoms with E-state index in [0.29, 0.717) is 36.5 Å². The molecule has 0 aromatic heterocycles. The number of carbonyl (C=O) groups is 3. The van der Waals surface area contributed by atoms with Gasteiger partial charge in [0.2, 0.25) is 0 Å². The average molecular weight is 468 g/mol. The summed E-state index contributed by atoms with van der Waals surface area (Å²) in [5.74, 6) is -0.276. The van der Waals surface area contributed by atoms with Gasteiger partial charge in [-0.15, -0.1) is 0 Å². The minimum absolute atomic E-state index is 0.190. The molecule has 9 heteroatoms. The van der Waals surface area contributed by atoms with Crippen LogP contribution in [0.5, 0.6) is 0 Å². The number of likely N-dealkylation sites (tertiary alicyclic amines) is 1. The second-order valence-corrected chi connectivity index (χ2v) is 10.5. The van der Waals surface area contributed by atoms with Crippen LogP contribution in [0.25, 0.3) is 0 Å². The summed E-state index contributed by atoms with van der Waals surface area (Å²) in [6.07, 6.45) is -0.0868. The van der Waals surface area contributed by atoms with E-state index in [0.717, 1.165) is 0 Å². The Morgan fingerprint density at radius 2 is 1.50 bits per heavy atom. The smallest absolute Gasteiger partial charge is 0.410 e. The van der Waals surface area contributed by atoms with Crippen molar-refractivity contribution in [3.63, 3.8) is 0 Å². The Bertz CT molecular complexity index is 820. The molecule has 0 atom stereocenters. The van der Waals surface area contributed by atoms with Crippen LogP contribution in [-0.2, 0) is 9.47 Å². The van der Waals surface area contributed by atoms with Gasteiger partial charge >= 0.3 is 12.2 Å². The highest BCUT2D eigenvalue weighted by Gasteiger charge is 2.39. The standard InChI is InChI=1S/C23H34ClN3O5/c1-21(2,3)31-19(29)26-23(15-25-18(28)16-7-9-17(24)10-8-16)11-13-27(14-12-23)20(30)32-22(4,5)6/h7-10H,11-15H2,1-6H3,(H,25,28)(H,26,29). The number of halogens is 1. The number of nitrogens with zero attached hydrogens (tertiary/aromatic N) is 1. The van der Waals surface area contributed by atoms with E-state index in [9.17, 15) is 14.4 Å². The third-order valence-corrected chi connectivity index (χ3v) is 5.08. The third kappa shape index (κ3) is 8.22. The van der Waals surface area contributed by atoms with E-state index in [1.165, 1.54) is 0 Å². The van der Waals surface area contributed by atoms with Crippen LogP contribution < -0.4 is 10.6 Å². The number of amides is 3. The van der Waals surface area contributed by atoms with E-state index >= 15 is 0 Å². The van der Waals surface area contributed by atoms with Gasteiger partial charge < -0.3 is 25.0 Å². The summed E-state index contributed by atoms with van der Waals surface area (Å²) in [7, 11) is 0. The molecule has 2 rings (SSSR count). The van der Waals surface area contributed by atoms with E-state index in [2.05, 4.69) is 10.6 Å². The largest absolute Gasteiger partial charge is 0.444 e. The molecule has 0 bridgehead atoms. The average Bonchev–Trinajstić information content (AvgIpc) is 2.64. The topological polar surface area (TPSA) is 97.0 Å². The summed E-state index contributed by atoms with van der Waals surface area (Å²) < 4.78 is 10.9. The number of hydrogen-bond acceptors (Lipinski definition) is 5. The number of ether oxygens (including phenoxy) is 2. The first-order valence-electron chi connectivity index (χ1n) is 10.7. The number of hydrogen-bond donors (Lipinski definition) is 2. The molecule has 8 nitrogen and oxygen atoms in total. The minimum atomic E-state index is -0.761. The maximum absolute atomic E-state index is 12.6. The van der Waals surface area contributed by atoms with Crippen LogP contribution in [0.2, 0.25) is 5.02 Å². The molecular weight excluding hydrogens is 434 g/mol. The van der Waals surface area contributed by atoms with Gasteiger partial charge in [-0.05, 0) is 78.6 Å². The third-order valence-electron chi connectivity index (χ3n) is 4.83. The predicted octanol–water partition coefficient (Wildman–Crippen LogP) is 4.36. The lowest BCUT2D eigenvalue weighted by Gasteiger charge is -2.42. The molecule has 1 aliphatic rings. The van der Waals surface area contributed by atoms with E-state index in [1.807, 2.05) is 20.8 Å². The van der Waals surface area contributed by atoms with Gasteiger partial charge in [0.25, 0.3) is 5.91 Å². The molecular formula is C23H34ClN3O5. The number of nitrogens with one attached hydrogen (secondary N) is 2. The van der Waals surface area contributed by atoms with Gasteiger partial charge in [-0.25, -0.2) is 9.59 Å². The van der Waals surface area contributed by atoms with Crippen molar-refractivity contribution in [2.45, 2.75) is 71.1 Å². The van der Waals surface area contributed by atoms with Crippen molar-refractivity contribution < 1.29 is 23.9 Å². The maximum Gasteiger partial charge on any atom is 0.410 e. The Hall–Kier alpha value is -2.48. The first-order chi connectivity index (χ1) is 14.7. The summed E-state index contributed by atoms with van der Waals surface area (Å²) in [5.41, 5.74) is -1.54. The van der Waals surface area contributed by atoms with E-state index < -0.39 is 28.9 Å². The van der Waals surface area contributed by atoms with E-state index in [-0.39, 0.29) is 12.5 Å². The SMILES string of the molecule is CC(C)(C)OC(=O)NC1(CNC(=O)c2ccc(Cl)cc2)CCN(C(=O)OC(C)(C)C)CC1. The molecule has 32 heavy (non-hydrogen) atoms. The lowest BCUT2D eigenvalue weighted by molar-refractivity contribution is 0.0118. The fraction of sp³-hybridized carbons (Fsp3) is 0.609. The zero-order valence-electron chi connectivity index (χ0n) is 19.7. The number of rotatable bonds is 4. The highest BCUT2D eigenvalue weighted by molar-refractivity contribution is 6.30. The van der Waals surface area contributed by atoms with Crippen molar-refractivity contribution in [1.82, 2.24) is 15.5 Å². The summed E-state index contributed by atoms with van der Waals surface area (Å²) in [5, 5.41) is 6.37. The van der Waals surface area contributed by atoms with Crippen LogP contribution in [0.1, 0.15) is 64.7 Å². The fourth-order valence-corrected chi connectivity index (χ4v) is 3.39. The van der Waals surface area contributed by atoms with Crippen LogP contribution in [0, 0.1) is 0 Å². The first kappa shape index (κ1) is 25.8. The summed E-state index contributed by atoms with van der Waals surface area (Å²) in [6.45, 7) is 11.7. The Balaban J connectivity index is 2.09. The highest BCUT2D eigenvalue weighted by Crippen LogP contribution is 2.25. The molecule has 0 spiro atoms. The van der Waals surface area contributed by atoms with Crippen LogP contribution in [0.15, 0.2) is 24.3 Å². The molecule has 1 fully saturated rings. The van der Waals surface area contributed by atoms with Gasteiger partial charge in [-0.2, -0.15) is 0 Å². The number of alkyl carbamates (subject to hydrolysis) is 1. The molecule has 1 saturated heterocycles. The summed E-state index contributed by atoms with van der Waals surface area (Å²) in [6, 6.07) is 6.56. The predicted molar refractivity (Wildman–Crippen MR) is 123 cm³/mol. The highest BCUT2D eigenvalue weighted by atomic mass is 35.5. The van der Waals surface area contributed by atoms with Gasteiger partial charge in [-0.3, -0.25) is 4.79 Å². The quantitative estimate of drug-likeness (QED) is 0.685. The summed E-state index contributed by atoms with van der Waals surface area (Å²) in [4.78, 5) is 39.2. The van der Waals surface area contributed by atoms with Crippen LogP contribution >= 0.6 is 11.6 Å². The molecule has 1 aromatic carbocycles. The Morgan fingerprint density at radius 3 is 2.00 bits per heavy atom. The molecule has 0 saturated carbocycles. The van der Waals surface area contributed by atoms with Crippen LogP contribution in [0.4, 0.5) is 9.59 Å². The van der Waals surface area contributed by atoms with Gasteiger partial charge in [0.15, 0.2) is 0 Å². The van der Waals surface area contributed by atoms with Crippen molar-refractivity contribution in [3.05, 3.63) is 34.9 Å². The lowest BCUT2D eigenvalue weighted by atomic mass is 9.87.